The molecule has 22 heavy (non-hydrogen) atoms. The summed E-state index contributed by atoms with van der Waals surface area (Å²) >= 11 is 0. The third-order valence-corrected chi connectivity index (χ3v) is 6.16. The molecule has 1 fully saturated rings. The van der Waals surface area contributed by atoms with E-state index in [-0.39, 0.29) is 0 Å². The van der Waals surface area contributed by atoms with Gasteiger partial charge < -0.3 is 9.64 Å². The van der Waals surface area contributed by atoms with Crippen molar-refractivity contribution < 1.29 is 13.2 Å². The fourth-order valence-corrected chi connectivity index (χ4v) is 4.16. The Morgan fingerprint density at radius 1 is 1.09 bits per heavy atom. The summed E-state index contributed by atoms with van der Waals surface area (Å²) in [6, 6.07) is 5.36. The Bertz CT molecular complexity index is 593. The fraction of sp³-hybridized carbons (Fsp3) is 0.625. The molecule has 0 atom stereocenters. The molecule has 5 nitrogen and oxygen atoms in total. The molecule has 0 amide bonds. The van der Waals surface area contributed by atoms with Gasteiger partial charge in [0.1, 0.15) is 0 Å². The molecule has 1 aliphatic rings. The number of rotatable bonds is 6. The third-order valence-electron chi connectivity index (χ3n) is 4.27. The monoisotopic (exact) mass is 326 g/mol. The number of nitrogens with zero attached hydrogens (tertiary/aromatic N) is 2. The zero-order valence-corrected chi connectivity index (χ0v) is 14.5. The summed E-state index contributed by atoms with van der Waals surface area (Å²) in [7, 11) is -1.67. The topological polar surface area (TPSA) is 49.9 Å². The summed E-state index contributed by atoms with van der Waals surface area (Å²) < 4.78 is 32.1. The van der Waals surface area contributed by atoms with Crippen molar-refractivity contribution in [2.45, 2.75) is 25.2 Å². The van der Waals surface area contributed by atoms with Gasteiger partial charge in [-0.1, -0.05) is 6.07 Å². The van der Waals surface area contributed by atoms with E-state index < -0.39 is 10.0 Å². The van der Waals surface area contributed by atoms with Crippen molar-refractivity contribution in [2.24, 2.45) is 0 Å². The molecule has 0 N–H and O–H groups in total. The minimum Gasteiger partial charge on any atom is -0.385 e. The van der Waals surface area contributed by atoms with Crippen LogP contribution in [-0.2, 0) is 14.8 Å². The van der Waals surface area contributed by atoms with E-state index in [0.29, 0.717) is 18.0 Å². The van der Waals surface area contributed by atoms with Crippen LogP contribution in [0.4, 0.5) is 0 Å². The predicted octanol–water partition coefficient (Wildman–Crippen LogP) is 1.65. The van der Waals surface area contributed by atoms with Gasteiger partial charge in [-0.3, -0.25) is 0 Å². The van der Waals surface area contributed by atoms with Gasteiger partial charge in [0.15, 0.2) is 0 Å². The summed E-state index contributed by atoms with van der Waals surface area (Å²) in [5.74, 6) is 0. The zero-order chi connectivity index (χ0) is 16.2. The summed E-state index contributed by atoms with van der Waals surface area (Å²) in [5.41, 5.74) is 2.13. The van der Waals surface area contributed by atoms with Crippen molar-refractivity contribution in [3.8, 4) is 0 Å². The van der Waals surface area contributed by atoms with Crippen molar-refractivity contribution >= 4 is 10.0 Å². The van der Waals surface area contributed by atoms with E-state index in [9.17, 15) is 8.42 Å². The molecule has 1 aromatic rings. The standard InChI is InChI=1S/C16H26N2O3S/c1-14-5-6-16(13-15(14)2)22(19,20)18-10-8-17(9-11-18)7-4-12-21-3/h5-6,13H,4,7-12H2,1-3H3. The van der Waals surface area contributed by atoms with Crippen LogP contribution >= 0.6 is 0 Å². The minimum absolute atomic E-state index is 0.406. The third kappa shape index (κ3) is 4.07. The molecular weight excluding hydrogens is 300 g/mol. The van der Waals surface area contributed by atoms with E-state index >= 15 is 0 Å². The molecule has 0 spiro atoms. The number of aryl methyl sites for hydroxylation is 2. The summed E-state index contributed by atoms with van der Waals surface area (Å²) in [6.45, 7) is 8.34. The smallest absolute Gasteiger partial charge is 0.243 e. The Morgan fingerprint density at radius 3 is 2.36 bits per heavy atom. The van der Waals surface area contributed by atoms with Crippen LogP contribution in [0.15, 0.2) is 23.1 Å². The molecule has 1 heterocycles. The van der Waals surface area contributed by atoms with Gasteiger partial charge >= 0.3 is 0 Å². The van der Waals surface area contributed by atoms with Gasteiger partial charge in [0.2, 0.25) is 10.0 Å². The number of benzene rings is 1. The van der Waals surface area contributed by atoms with E-state index in [1.165, 1.54) is 0 Å². The fourth-order valence-electron chi connectivity index (χ4n) is 2.65. The van der Waals surface area contributed by atoms with Crippen LogP contribution in [-0.4, -0.2) is 64.1 Å². The van der Waals surface area contributed by atoms with Gasteiger partial charge in [-0.05, 0) is 43.5 Å². The molecular formula is C16H26N2O3S. The van der Waals surface area contributed by atoms with Crippen molar-refractivity contribution in [2.75, 3.05) is 46.4 Å². The van der Waals surface area contributed by atoms with E-state index in [4.69, 9.17) is 4.74 Å². The molecule has 0 radical (unpaired) electrons. The first kappa shape index (κ1) is 17.4. The van der Waals surface area contributed by atoms with Crippen molar-refractivity contribution in [3.05, 3.63) is 29.3 Å². The largest absolute Gasteiger partial charge is 0.385 e. The average molecular weight is 326 g/mol. The van der Waals surface area contributed by atoms with E-state index in [1.807, 2.05) is 19.9 Å². The highest BCUT2D eigenvalue weighted by Crippen LogP contribution is 2.20. The lowest BCUT2D eigenvalue weighted by molar-refractivity contribution is 0.149. The lowest BCUT2D eigenvalue weighted by atomic mass is 10.1. The van der Waals surface area contributed by atoms with Gasteiger partial charge in [0, 0.05) is 46.4 Å². The molecule has 0 bridgehead atoms. The maximum absolute atomic E-state index is 12.7. The van der Waals surface area contributed by atoms with Crippen LogP contribution in [0.3, 0.4) is 0 Å². The SMILES string of the molecule is COCCCN1CCN(S(=O)(=O)c2ccc(C)c(C)c2)CC1. The maximum atomic E-state index is 12.7. The number of sulfonamides is 1. The van der Waals surface area contributed by atoms with Gasteiger partial charge in [-0.15, -0.1) is 0 Å². The quantitative estimate of drug-likeness (QED) is 0.746. The number of hydrogen-bond acceptors (Lipinski definition) is 4. The van der Waals surface area contributed by atoms with Crippen LogP contribution in [0.25, 0.3) is 0 Å². The van der Waals surface area contributed by atoms with Crippen molar-refractivity contribution in [1.82, 2.24) is 9.21 Å². The van der Waals surface area contributed by atoms with E-state index in [0.717, 1.165) is 43.8 Å². The van der Waals surface area contributed by atoms with Crippen LogP contribution in [0.2, 0.25) is 0 Å². The maximum Gasteiger partial charge on any atom is 0.243 e. The highest BCUT2D eigenvalue weighted by atomic mass is 32.2. The van der Waals surface area contributed by atoms with Gasteiger partial charge in [-0.2, -0.15) is 4.31 Å². The Balaban J connectivity index is 1.98. The molecule has 2 rings (SSSR count). The van der Waals surface area contributed by atoms with Crippen LogP contribution in [0.5, 0.6) is 0 Å². The molecule has 0 unspecified atom stereocenters. The average Bonchev–Trinajstić information content (AvgIpc) is 2.51. The molecule has 1 aliphatic heterocycles. The van der Waals surface area contributed by atoms with Gasteiger partial charge in [0.05, 0.1) is 4.90 Å². The Morgan fingerprint density at radius 2 is 1.77 bits per heavy atom. The Kier molecular flexibility index (Phi) is 5.97. The first-order valence-corrected chi connectivity index (χ1v) is 9.18. The minimum atomic E-state index is -3.37. The van der Waals surface area contributed by atoms with Gasteiger partial charge in [0.25, 0.3) is 0 Å². The van der Waals surface area contributed by atoms with Crippen LogP contribution in [0.1, 0.15) is 17.5 Å². The molecule has 0 saturated carbocycles. The molecule has 124 valence electrons. The lowest BCUT2D eigenvalue weighted by Gasteiger charge is -2.34. The molecule has 0 aromatic heterocycles. The molecule has 1 aromatic carbocycles. The first-order chi connectivity index (χ1) is 10.4. The number of piperazine rings is 1. The molecule has 1 saturated heterocycles. The highest BCUT2D eigenvalue weighted by molar-refractivity contribution is 7.89. The van der Waals surface area contributed by atoms with E-state index in [1.54, 1.807) is 23.5 Å². The Labute approximate surface area is 133 Å². The zero-order valence-electron chi connectivity index (χ0n) is 13.7. The summed E-state index contributed by atoms with van der Waals surface area (Å²) in [4.78, 5) is 2.70. The van der Waals surface area contributed by atoms with Crippen LogP contribution < -0.4 is 0 Å². The number of hydrogen-bond donors (Lipinski definition) is 0. The second-order valence-electron chi connectivity index (χ2n) is 5.84. The second-order valence-corrected chi connectivity index (χ2v) is 7.78. The molecule has 6 heteroatoms. The lowest BCUT2D eigenvalue weighted by Crippen LogP contribution is -2.48. The number of methoxy groups -OCH3 is 1. The molecule has 0 aliphatic carbocycles. The second kappa shape index (κ2) is 7.55. The highest BCUT2D eigenvalue weighted by Gasteiger charge is 2.28. The number of ether oxygens (including phenoxy) is 1. The van der Waals surface area contributed by atoms with Crippen molar-refractivity contribution in [3.63, 3.8) is 0 Å². The van der Waals surface area contributed by atoms with Gasteiger partial charge in [-0.25, -0.2) is 8.42 Å². The first-order valence-electron chi connectivity index (χ1n) is 7.74. The Hall–Kier alpha value is -0.950. The summed E-state index contributed by atoms with van der Waals surface area (Å²) in [5, 5.41) is 0. The van der Waals surface area contributed by atoms with Crippen LogP contribution in [0, 0.1) is 13.8 Å². The predicted molar refractivity (Wildman–Crippen MR) is 87.6 cm³/mol. The normalized spacial score (nSPS) is 17.8. The summed E-state index contributed by atoms with van der Waals surface area (Å²) in [6.07, 6.45) is 0.987. The van der Waals surface area contributed by atoms with E-state index in [2.05, 4.69) is 4.90 Å². The van der Waals surface area contributed by atoms with Crippen molar-refractivity contribution in [1.29, 1.82) is 0 Å².